The highest BCUT2D eigenvalue weighted by molar-refractivity contribution is 7.09. The number of nitrogens with one attached hydrogen (secondary N) is 1. The minimum atomic E-state index is -4.58. The van der Waals surface area contributed by atoms with Crippen LogP contribution in [0.25, 0.3) is 11.0 Å². The Bertz CT molecular complexity index is 860. The monoisotopic (exact) mass is 360 g/mol. The van der Waals surface area contributed by atoms with Gasteiger partial charge in [-0.1, -0.05) is 22.9 Å². The molecule has 1 amide bonds. The second-order valence-corrected chi connectivity index (χ2v) is 6.00. The normalized spacial score (nSPS) is 11.8. The van der Waals surface area contributed by atoms with Crippen LogP contribution in [-0.2, 0) is 12.7 Å². The molecule has 0 fully saturated rings. The van der Waals surface area contributed by atoms with Gasteiger partial charge in [0.1, 0.15) is 11.0 Å². The van der Waals surface area contributed by atoms with Gasteiger partial charge in [0.15, 0.2) is 0 Å². The van der Waals surface area contributed by atoms with Gasteiger partial charge in [0.2, 0.25) is 0 Å². The number of benzene rings is 1. The van der Waals surface area contributed by atoms with E-state index in [0.29, 0.717) is 0 Å². The first kappa shape index (κ1) is 15.8. The Labute approximate surface area is 136 Å². The summed E-state index contributed by atoms with van der Waals surface area (Å²) in [4.78, 5) is 13.0. The average molecular weight is 361 g/mol. The smallest absolute Gasteiger partial charge is 0.331 e. The molecule has 120 valence electrons. The molecule has 0 saturated heterocycles. The number of carbonyl (C=O) groups is 1. The van der Waals surface area contributed by atoms with E-state index in [4.69, 9.17) is 11.6 Å². The van der Waals surface area contributed by atoms with Crippen LogP contribution in [-0.4, -0.2) is 21.0 Å². The summed E-state index contributed by atoms with van der Waals surface area (Å²) in [5, 5.41) is 11.4. The number of amides is 1. The number of halogens is 4. The molecule has 3 rings (SSSR count). The summed E-state index contributed by atoms with van der Waals surface area (Å²) in [6.45, 7) is 0.241. The van der Waals surface area contributed by atoms with Gasteiger partial charge in [0.05, 0.1) is 17.1 Å². The molecule has 1 N–H and O–H groups in total. The van der Waals surface area contributed by atoms with Gasteiger partial charge >= 0.3 is 12.2 Å². The van der Waals surface area contributed by atoms with Gasteiger partial charge in [0.25, 0.3) is 0 Å². The number of thiophene rings is 1. The Morgan fingerprint density at radius 2 is 2.17 bits per heavy atom. The topological polar surface area (TPSA) is 59.8 Å². The van der Waals surface area contributed by atoms with E-state index in [1.807, 2.05) is 17.5 Å². The van der Waals surface area contributed by atoms with Crippen molar-refractivity contribution in [3.8, 4) is 0 Å². The summed E-state index contributed by atoms with van der Waals surface area (Å²) in [6.07, 6.45) is -4.58. The van der Waals surface area contributed by atoms with E-state index in [9.17, 15) is 18.0 Å². The number of fused-ring (bicyclic) bond motifs is 1. The van der Waals surface area contributed by atoms with Crippen LogP contribution >= 0.6 is 22.9 Å². The van der Waals surface area contributed by atoms with E-state index >= 15 is 0 Å². The van der Waals surface area contributed by atoms with E-state index in [1.165, 1.54) is 11.3 Å². The van der Waals surface area contributed by atoms with Gasteiger partial charge in [-0.15, -0.1) is 16.4 Å². The maximum atomic E-state index is 12.9. The first-order chi connectivity index (χ1) is 10.9. The molecule has 0 aliphatic carbocycles. The van der Waals surface area contributed by atoms with E-state index in [0.717, 1.165) is 21.7 Å². The molecule has 2 aromatic heterocycles. The first-order valence-electron chi connectivity index (χ1n) is 6.29. The number of rotatable bonds is 2. The van der Waals surface area contributed by atoms with Crippen molar-refractivity contribution in [2.75, 3.05) is 0 Å². The Kier molecular flexibility index (Phi) is 3.99. The maximum Gasteiger partial charge on any atom is 0.416 e. The lowest BCUT2D eigenvalue weighted by molar-refractivity contribution is -0.137. The number of aromatic nitrogens is 3. The summed E-state index contributed by atoms with van der Waals surface area (Å²) in [6, 6.07) is 4.52. The molecule has 1 aromatic carbocycles. The fourth-order valence-corrected chi connectivity index (χ4v) is 2.84. The highest BCUT2D eigenvalue weighted by Crippen LogP contribution is 2.34. The predicted molar refractivity (Wildman–Crippen MR) is 79.5 cm³/mol. The minimum Gasteiger partial charge on any atom is -0.331 e. The molecule has 0 aliphatic heterocycles. The van der Waals surface area contributed by atoms with Crippen LogP contribution in [0.4, 0.5) is 18.0 Å². The molecule has 23 heavy (non-hydrogen) atoms. The zero-order valence-electron chi connectivity index (χ0n) is 11.3. The lowest BCUT2D eigenvalue weighted by atomic mass is 10.2. The molecule has 10 heteroatoms. The van der Waals surface area contributed by atoms with Crippen molar-refractivity contribution in [1.29, 1.82) is 0 Å². The molecular weight excluding hydrogens is 353 g/mol. The molecule has 5 nitrogen and oxygen atoms in total. The molecule has 0 unspecified atom stereocenters. The number of hydrogen-bond donors (Lipinski definition) is 1. The second-order valence-electron chi connectivity index (χ2n) is 4.56. The largest absolute Gasteiger partial charge is 0.416 e. The lowest BCUT2D eigenvalue weighted by Gasteiger charge is -2.08. The second kappa shape index (κ2) is 5.82. The Morgan fingerprint density at radius 3 is 2.83 bits per heavy atom. The Hall–Kier alpha value is -2.13. The molecule has 0 spiro atoms. The van der Waals surface area contributed by atoms with Crippen molar-refractivity contribution in [3.63, 3.8) is 0 Å². The van der Waals surface area contributed by atoms with Gasteiger partial charge in [-0.25, -0.2) is 4.79 Å². The van der Waals surface area contributed by atoms with Gasteiger partial charge in [-0.2, -0.15) is 17.9 Å². The van der Waals surface area contributed by atoms with Crippen molar-refractivity contribution in [3.05, 3.63) is 45.1 Å². The van der Waals surface area contributed by atoms with Gasteiger partial charge in [-0.05, 0) is 23.6 Å². The zero-order valence-corrected chi connectivity index (χ0v) is 12.8. The first-order valence-corrected chi connectivity index (χ1v) is 7.55. The van der Waals surface area contributed by atoms with Crippen molar-refractivity contribution in [2.24, 2.45) is 0 Å². The number of nitrogens with zero attached hydrogens (tertiary/aromatic N) is 3. The molecule has 0 radical (unpaired) electrons. The van der Waals surface area contributed by atoms with Crippen LogP contribution in [0.3, 0.4) is 0 Å². The van der Waals surface area contributed by atoms with Crippen LogP contribution in [0, 0.1) is 0 Å². The van der Waals surface area contributed by atoms with Gasteiger partial charge in [-0.3, -0.25) is 0 Å². The third-order valence-corrected chi connectivity index (χ3v) is 4.18. The van der Waals surface area contributed by atoms with E-state index < -0.39 is 17.8 Å². The van der Waals surface area contributed by atoms with E-state index in [1.54, 1.807) is 0 Å². The molecule has 0 saturated carbocycles. The van der Waals surface area contributed by atoms with E-state index in [-0.39, 0.29) is 22.6 Å². The van der Waals surface area contributed by atoms with Crippen LogP contribution in [0.1, 0.15) is 10.4 Å². The van der Waals surface area contributed by atoms with Gasteiger partial charge < -0.3 is 5.32 Å². The molecule has 0 bridgehead atoms. The predicted octanol–water partition coefficient (Wildman–Crippen LogP) is 3.92. The number of alkyl halides is 3. The molecule has 3 aromatic rings. The Morgan fingerprint density at radius 1 is 1.39 bits per heavy atom. The summed E-state index contributed by atoms with van der Waals surface area (Å²) in [7, 11) is 0. The maximum absolute atomic E-state index is 12.9. The van der Waals surface area contributed by atoms with Crippen molar-refractivity contribution < 1.29 is 18.0 Å². The number of carbonyl (C=O) groups excluding carboxylic acids is 1. The SMILES string of the molecule is O=C(NCc1cccs1)n1nnc2c(Cl)cc(C(F)(F)F)cc21. The molecule has 0 aliphatic rings. The van der Waals surface area contributed by atoms with Gasteiger partial charge in [0, 0.05) is 4.88 Å². The zero-order chi connectivity index (χ0) is 16.6. The summed E-state index contributed by atoms with van der Waals surface area (Å²) in [5.41, 5.74) is -1.04. The number of hydrogen-bond acceptors (Lipinski definition) is 4. The minimum absolute atomic E-state index is 0.0333. The fourth-order valence-electron chi connectivity index (χ4n) is 1.95. The highest BCUT2D eigenvalue weighted by atomic mass is 35.5. The summed E-state index contributed by atoms with van der Waals surface area (Å²) < 4.78 is 39.4. The van der Waals surface area contributed by atoms with Crippen molar-refractivity contribution in [2.45, 2.75) is 12.7 Å². The van der Waals surface area contributed by atoms with Crippen LogP contribution in [0.2, 0.25) is 5.02 Å². The molecule has 0 atom stereocenters. The standard InChI is InChI=1S/C13H8ClF3N4OS/c14-9-4-7(13(15,16)17)5-10-11(9)19-20-21(10)12(22)18-6-8-2-1-3-23-8/h1-5H,6H2,(H,18,22). The quantitative estimate of drug-likeness (QED) is 0.753. The fraction of sp³-hybridized carbons (Fsp3) is 0.154. The Balaban J connectivity index is 1.94. The highest BCUT2D eigenvalue weighted by Gasteiger charge is 2.32. The average Bonchev–Trinajstić information content (AvgIpc) is 3.13. The van der Waals surface area contributed by atoms with E-state index in [2.05, 4.69) is 15.6 Å². The molecule has 2 heterocycles. The third kappa shape index (κ3) is 3.15. The lowest BCUT2D eigenvalue weighted by Crippen LogP contribution is -2.28. The summed E-state index contributed by atoms with van der Waals surface area (Å²) >= 11 is 7.24. The van der Waals surface area contributed by atoms with Crippen molar-refractivity contribution in [1.82, 2.24) is 20.3 Å². The molecular formula is C13H8ClF3N4OS. The van der Waals surface area contributed by atoms with Crippen LogP contribution < -0.4 is 5.32 Å². The van der Waals surface area contributed by atoms with Crippen LogP contribution in [0.15, 0.2) is 29.6 Å². The van der Waals surface area contributed by atoms with Crippen molar-refractivity contribution >= 4 is 40.0 Å². The van der Waals surface area contributed by atoms with Crippen LogP contribution in [0.5, 0.6) is 0 Å². The summed E-state index contributed by atoms with van der Waals surface area (Å²) in [5.74, 6) is 0. The third-order valence-electron chi connectivity index (χ3n) is 3.02.